The molecule has 0 aliphatic carbocycles. The first-order chi connectivity index (χ1) is 13.0. The minimum Gasteiger partial charge on any atom is -0.376 e. The van der Waals surface area contributed by atoms with Crippen LogP contribution in [-0.4, -0.2) is 51.0 Å². The molecule has 0 aromatic heterocycles. The van der Waals surface area contributed by atoms with Crippen molar-refractivity contribution in [2.45, 2.75) is 24.3 Å². The van der Waals surface area contributed by atoms with E-state index in [1.807, 2.05) is 37.3 Å². The Morgan fingerprint density at radius 1 is 1.19 bits per heavy atom. The summed E-state index contributed by atoms with van der Waals surface area (Å²) in [5.74, 6) is -0.279. The molecular formula is C20H24N2O4S. The summed E-state index contributed by atoms with van der Waals surface area (Å²) in [6, 6.07) is 16.1. The molecule has 2 aromatic carbocycles. The van der Waals surface area contributed by atoms with Crippen molar-refractivity contribution in [2.24, 2.45) is 0 Å². The highest BCUT2D eigenvalue weighted by atomic mass is 32.2. The van der Waals surface area contributed by atoms with Crippen molar-refractivity contribution in [3.05, 3.63) is 65.7 Å². The number of hydrogen-bond acceptors (Lipinski definition) is 4. The lowest BCUT2D eigenvalue weighted by molar-refractivity contribution is 0.0102. The first-order valence-electron chi connectivity index (χ1n) is 9.01. The predicted octanol–water partition coefficient (Wildman–Crippen LogP) is 2.07. The van der Waals surface area contributed by atoms with E-state index in [2.05, 4.69) is 5.32 Å². The Labute approximate surface area is 160 Å². The van der Waals surface area contributed by atoms with Crippen LogP contribution in [0.4, 0.5) is 0 Å². The second kappa shape index (κ2) is 8.65. The number of carbonyl (C=O) groups is 1. The summed E-state index contributed by atoms with van der Waals surface area (Å²) in [6.07, 6.45) is 0.578. The van der Waals surface area contributed by atoms with Gasteiger partial charge in [-0.05, 0) is 37.1 Å². The van der Waals surface area contributed by atoms with Crippen LogP contribution in [0.1, 0.15) is 22.8 Å². The van der Waals surface area contributed by atoms with Gasteiger partial charge in [-0.1, -0.05) is 36.4 Å². The highest BCUT2D eigenvalue weighted by Gasteiger charge is 2.29. The average Bonchev–Trinajstić information content (AvgIpc) is 2.69. The molecule has 7 heteroatoms. The van der Waals surface area contributed by atoms with Gasteiger partial charge in [0.2, 0.25) is 10.0 Å². The lowest BCUT2D eigenvalue weighted by Gasteiger charge is -2.30. The van der Waals surface area contributed by atoms with Gasteiger partial charge in [0.1, 0.15) is 0 Å². The molecule has 144 valence electrons. The average molecular weight is 388 g/mol. The molecule has 1 aliphatic rings. The van der Waals surface area contributed by atoms with Crippen molar-refractivity contribution in [1.82, 2.24) is 9.62 Å². The Hall–Kier alpha value is -2.22. The van der Waals surface area contributed by atoms with Crippen LogP contribution in [0.5, 0.6) is 0 Å². The van der Waals surface area contributed by atoms with Gasteiger partial charge in [0.15, 0.2) is 0 Å². The third kappa shape index (κ3) is 4.94. The van der Waals surface area contributed by atoms with Crippen molar-refractivity contribution in [3.63, 3.8) is 0 Å². The molecule has 0 radical (unpaired) electrons. The van der Waals surface area contributed by atoms with Crippen molar-refractivity contribution in [1.29, 1.82) is 0 Å². The second-order valence-electron chi connectivity index (χ2n) is 6.56. The van der Waals surface area contributed by atoms with E-state index in [-0.39, 0.29) is 16.9 Å². The van der Waals surface area contributed by atoms with E-state index in [0.29, 0.717) is 31.8 Å². The summed E-state index contributed by atoms with van der Waals surface area (Å²) in [7, 11) is -3.64. The summed E-state index contributed by atoms with van der Waals surface area (Å²) < 4.78 is 32.5. The molecule has 1 heterocycles. The molecule has 6 nitrogen and oxygen atoms in total. The molecule has 0 spiro atoms. The number of hydrogen-bond donors (Lipinski definition) is 1. The fourth-order valence-corrected chi connectivity index (χ4v) is 4.56. The molecule has 1 saturated heterocycles. The Kier molecular flexibility index (Phi) is 6.26. The topological polar surface area (TPSA) is 75.7 Å². The molecule has 1 N–H and O–H groups in total. The van der Waals surface area contributed by atoms with E-state index in [9.17, 15) is 13.2 Å². The quantitative estimate of drug-likeness (QED) is 0.822. The maximum atomic E-state index is 12.8. The molecule has 1 fully saturated rings. The van der Waals surface area contributed by atoms with E-state index in [0.717, 1.165) is 12.0 Å². The monoisotopic (exact) mass is 388 g/mol. The van der Waals surface area contributed by atoms with Crippen molar-refractivity contribution in [3.8, 4) is 0 Å². The van der Waals surface area contributed by atoms with E-state index >= 15 is 0 Å². The highest BCUT2D eigenvalue weighted by Crippen LogP contribution is 2.20. The zero-order valence-electron chi connectivity index (χ0n) is 15.3. The first-order valence-corrected chi connectivity index (χ1v) is 10.4. The van der Waals surface area contributed by atoms with E-state index in [1.165, 1.54) is 16.4 Å². The van der Waals surface area contributed by atoms with Gasteiger partial charge in [-0.2, -0.15) is 4.31 Å². The molecule has 1 atom stereocenters. The summed E-state index contributed by atoms with van der Waals surface area (Å²) in [5.41, 5.74) is 1.47. The number of ether oxygens (including phenoxy) is 1. The van der Waals surface area contributed by atoms with Crippen LogP contribution in [0.2, 0.25) is 0 Å². The van der Waals surface area contributed by atoms with Crippen LogP contribution in [0.3, 0.4) is 0 Å². The minimum atomic E-state index is -3.64. The van der Waals surface area contributed by atoms with E-state index in [4.69, 9.17) is 4.74 Å². The largest absolute Gasteiger partial charge is 0.376 e. The molecule has 27 heavy (non-hydrogen) atoms. The molecule has 2 aromatic rings. The van der Waals surface area contributed by atoms with Crippen molar-refractivity contribution >= 4 is 15.9 Å². The molecule has 1 unspecified atom stereocenters. The normalized spacial score (nSPS) is 18.2. The predicted molar refractivity (Wildman–Crippen MR) is 103 cm³/mol. The van der Waals surface area contributed by atoms with Crippen LogP contribution in [0, 0.1) is 0 Å². The van der Waals surface area contributed by atoms with Crippen LogP contribution in [0.15, 0.2) is 59.5 Å². The Balaban J connectivity index is 1.66. The first kappa shape index (κ1) is 19.5. The Bertz CT molecular complexity index is 884. The molecule has 1 amide bonds. The van der Waals surface area contributed by atoms with Crippen molar-refractivity contribution < 1.29 is 17.9 Å². The van der Waals surface area contributed by atoms with Crippen LogP contribution < -0.4 is 5.32 Å². The Morgan fingerprint density at radius 3 is 2.70 bits per heavy atom. The maximum Gasteiger partial charge on any atom is 0.251 e. The summed E-state index contributed by atoms with van der Waals surface area (Å²) in [4.78, 5) is 12.5. The third-order valence-electron chi connectivity index (χ3n) is 4.48. The lowest BCUT2D eigenvalue weighted by atomic mass is 10.1. The molecule has 1 aliphatic heterocycles. The van der Waals surface area contributed by atoms with Gasteiger partial charge in [0, 0.05) is 25.2 Å². The van der Waals surface area contributed by atoms with Gasteiger partial charge in [-0.15, -0.1) is 0 Å². The van der Waals surface area contributed by atoms with Gasteiger partial charge in [-0.3, -0.25) is 4.79 Å². The standard InChI is InChI=1S/C20H24N2O4S/c1-16-15-22(12-13-26-16)27(24,25)19-9-5-8-18(14-19)20(23)21-11-10-17-6-3-2-4-7-17/h2-9,14,16H,10-13,15H2,1H3,(H,21,23). The number of sulfonamides is 1. The highest BCUT2D eigenvalue weighted by molar-refractivity contribution is 7.89. The van der Waals surface area contributed by atoms with E-state index < -0.39 is 10.0 Å². The smallest absolute Gasteiger partial charge is 0.251 e. The van der Waals surface area contributed by atoms with Gasteiger partial charge in [0.25, 0.3) is 5.91 Å². The molecule has 0 bridgehead atoms. The van der Waals surface area contributed by atoms with Gasteiger partial charge >= 0.3 is 0 Å². The zero-order valence-corrected chi connectivity index (χ0v) is 16.1. The van der Waals surface area contributed by atoms with Gasteiger partial charge < -0.3 is 10.1 Å². The Morgan fingerprint density at radius 2 is 1.96 bits per heavy atom. The number of rotatable bonds is 6. The zero-order chi connectivity index (χ0) is 19.3. The van der Waals surface area contributed by atoms with Gasteiger partial charge in [0.05, 0.1) is 17.6 Å². The minimum absolute atomic E-state index is 0.132. The van der Waals surface area contributed by atoms with Crippen LogP contribution >= 0.6 is 0 Å². The summed E-state index contributed by atoms with van der Waals surface area (Å²) >= 11 is 0. The van der Waals surface area contributed by atoms with Crippen molar-refractivity contribution in [2.75, 3.05) is 26.2 Å². The fraction of sp³-hybridized carbons (Fsp3) is 0.350. The SMILES string of the molecule is CC1CN(S(=O)(=O)c2cccc(C(=O)NCCc3ccccc3)c2)CCO1. The number of morpholine rings is 1. The number of carbonyl (C=O) groups excluding carboxylic acids is 1. The van der Waals surface area contributed by atoms with Crippen LogP contribution in [0.25, 0.3) is 0 Å². The number of nitrogens with one attached hydrogen (secondary N) is 1. The van der Waals surface area contributed by atoms with Crippen LogP contribution in [-0.2, 0) is 21.2 Å². The number of benzene rings is 2. The summed E-state index contributed by atoms with van der Waals surface area (Å²) in [6.45, 7) is 3.34. The third-order valence-corrected chi connectivity index (χ3v) is 6.34. The molecule has 0 saturated carbocycles. The number of amides is 1. The second-order valence-corrected chi connectivity index (χ2v) is 8.50. The van der Waals surface area contributed by atoms with E-state index in [1.54, 1.807) is 12.1 Å². The maximum absolute atomic E-state index is 12.8. The molecule has 3 rings (SSSR count). The summed E-state index contributed by atoms with van der Waals surface area (Å²) in [5, 5.41) is 2.85. The lowest BCUT2D eigenvalue weighted by Crippen LogP contribution is -2.44. The number of nitrogens with zero attached hydrogens (tertiary/aromatic N) is 1. The molecular weight excluding hydrogens is 364 g/mol. The fourth-order valence-electron chi connectivity index (χ4n) is 3.02. The van der Waals surface area contributed by atoms with Gasteiger partial charge in [-0.25, -0.2) is 8.42 Å².